The van der Waals surface area contributed by atoms with Crippen LogP contribution in [0.15, 0.2) is 72.8 Å². The number of aromatic hydroxyl groups is 3. The average Bonchev–Trinajstić information content (AvgIpc) is 2.98. The third kappa shape index (κ3) is 6.75. The van der Waals surface area contributed by atoms with Crippen LogP contribution in [-0.2, 0) is 6.42 Å². The van der Waals surface area contributed by atoms with Crippen molar-refractivity contribution in [3.63, 3.8) is 0 Å². The summed E-state index contributed by atoms with van der Waals surface area (Å²) in [5, 5.41) is 30.7. The zero-order valence-electron chi connectivity index (χ0n) is 24.9. The second-order valence-corrected chi connectivity index (χ2v) is 10.5. The van der Waals surface area contributed by atoms with Crippen LogP contribution in [-0.4, -0.2) is 48.2 Å². The summed E-state index contributed by atoms with van der Waals surface area (Å²) in [6.45, 7) is 3.49. The first-order valence-electron chi connectivity index (χ1n) is 13.8. The van der Waals surface area contributed by atoms with Gasteiger partial charge in [0.25, 0.3) is 0 Å². The summed E-state index contributed by atoms with van der Waals surface area (Å²) in [6.07, 6.45) is 0.0707. The van der Waals surface area contributed by atoms with Crippen molar-refractivity contribution >= 4 is 11.6 Å². The Hall–Kier alpha value is -4.98. The maximum Gasteiger partial charge on any atom is 0.167 e. The molecule has 3 N–H and O–H groups in total. The molecule has 4 aromatic rings. The normalized spacial score (nSPS) is 12.3. The van der Waals surface area contributed by atoms with E-state index in [9.17, 15) is 24.9 Å². The summed E-state index contributed by atoms with van der Waals surface area (Å²) in [5.74, 6) is -1.32. The summed E-state index contributed by atoms with van der Waals surface area (Å²) < 4.78 is 16.9. The monoisotopic (exact) mass is 584 g/mol. The quantitative estimate of drug-likeness (QED) is 0.160. The Bertz CT molecular complexity index is 1600. The molecule has 8 heteroatoms. The Morgan fingerprint density at radius 3 is 1.95 bits per heavy atom. The van der Waals surface area contributed by atoms with Crippen molar-refractivity contribution in [3.05, 3.63) is 106 Å². The number of benzene rings is 4. The van der Waals surface area contributed by atoms with E-state index in [0.29, 0.717) is 33.9 Å². The summed E-state index contributed by atoms with van der Waals surface area (Å²) in [4.78, 5) is 28.4. The molecule has 43 heavy (non-hydrogen) atoms. The lowest BCUT2D eigenvalue weighted by molar-refractivity contribution is 0.0873. The molecule has 8 nitrogen and oxygen atoms in total. The number of rotatable bonds is 12. The lowest BCUT2D eigenvalue weighted by Gasteiger charge is -2.29. The van der Waals surface area contributed by atoms with E-state index in [-0.39, 0.29) is 41.4 Å². The van der Waals surface area contributed by atoms with E-state index >= 15 is 0 Å². The summed E-state index contributed by atoms with van der Waals surface area (Å²) in [6, 6.07) is 19.7. The first kappa shape index (κ1) is 31.0. The molecule has 0 aromatic heterocycles. The fourth-order valence-corrected chi connectivity index (χ4v) is 5.61. The predicted molar refractivity (Wildman–Crippen MR) is 163 cm³/mol. The molecule has 0 saturated carbocycles. The van der Waals surface area contributed by atoms with E-state index in [0.717, 1.165) is 17.2 Å². The minimum Gasteiger partial charge on any atom is -0.508 e. The number of carbonyl (C=O) groups is 2. The second kappa shape index (κ2) is 13.3. The van der Waals surface area contributed by atoms with Gasteiger partial charge in [0.2, 0.25) is 0 Å². The number of hydrogen-bond donors (Lipinski definition) is 3. The minimum atomic E-state index is -0.777. The Labute approximate surface area is 251 Å². The van der Waals surface area contributed by atoms with Crippen molar-refractivity contribution in [2.24, 2.45) is 5.92 Å². The van der Waals surface area contributed by atoms with Crippen LogP contribution < -0.4 is 14.2 Å². The first-order valence-corrected chi connectivity index (χ1v) is 13.8. The van der Waals surface area contributed by atoms with Gasteiger partial charge in [-0.1, -0.05) is 36.4 Å². The molecule has 0 aliphatic heterocycles. The van der Waals surface area contributed by atoms with Crippen LogP contribution in [0.2, 0.25) is 0 Å². The number of Topliss-reactive ketones (excluding diaryl/α,β-unsaturated/α-hetero) is 2. The summed E-state index contributed by atoms with van der Waals surface area (Å²) in [7, 11) is 4.50. The van der Waals surface area contributed by atoms with Crippen molar-refractivity contribution in [3.8, 4) is 34.5 Å². The second-order valence-electron chi connectivity index (χ2n) is 10.5. The molecule has 0 radical (unpaired) electrons. The highest BCUT2D eigenvalue weighted by molar-refractivity contribution is 6.02. The van der Waals surface area contributed by atoms with Crippen molar-refractivity contribution in [2.45, 2.75) is 32.6 Å². The molecule has 0 saturated heterocycles. The Morgan fingerprint density at radius 2 is 1.35 bits per heavy atom. The average molecular weight is 585 g/mol. The maximum absolute atomic E-state index is 14.4. The SMILES string of the molecule is COc1cc(OC)c(C(CC(=O)c2c(C)cc(O)cc2O)C(Cc2ccc(O)cc2C)C(=O)c2ccccc2)cc1OC. The van der Waals surface area contributed by atoms with E-state index in [1.54, 1.807) is 61.5 Å². The molecule has 0 aliphatic rings. The molecule has 0 heterocycles. The first-order chi connectivity index (χ1) is 20.6. The summed E-state index contributed by atoms with van der Waals surface area (Å²) in [5.41, 5.74) is 3.12. The molecular formula is C35H36O8. The maximum atomic E-state index is 14.4. The number of hydrogen-bond acceptors (Lipinski definition) is 8. The van der Waals surface area contributed by atoms with Crippen LogP contribution in [0.5, 0.6) is 34.5 Å². The van der Waals surface area contributed by atoms with Gasteiger partial charge >= 0.3 is 0 Å². The van der Waals surface area contributed by atoms with E-state index in [4.69, 9.17) is 14.2 Å². The van der Waals surface area contributed by atoms with Crippen molar-refractivity contribution < 1.29 is 39.1 Å². The third-order valence-electron chi connectivity index (χ3n) is 7.77. The van der Waals surface area contributed by atoms with Gasteiger partial charge in [0.1, 0.15) is 23.0 Å². The minimum absolute atomic E-state index is 0.0639. The topological polar surface area (TPSA) is 123 Å². The molecular weight excluding hydrogens is 548 g/mol. The van der Waals surface area contributed by atoms with Gasteiger partial charge in [0.05, 0.1) is 26.9 Å². The molecule has 0 fully saturated rings. The standard InChI is InChI=1S/C35H36O8/c1-20-13-24(36)12-11-23(20)15-28(35(40)22-9-7-6-8-10-22)26(17-30(39)34-21(2)14-25(37)16-29(34)38)27-18-32(42-4)33(43-5)19-31(27)41-3/h6-14,16,18-19,26,28,36-38H,15,17H2,1-5H3. The van der Waals surface area contributed by atoms with Crippen molar-refractivity contribution in [1.29, 1.82) is 0 Å². The number of phenols is 3. The van der Waals surface area contributed by atoms with Gasteiger partial charge in [-0.25, -0.2) is 0 Å². The van der Waals surface area contributed by atoms with Gasteiger partial charge in [-0.3, -0.25) is 9.59 Å². The highest BCUT2D eigenvalue weighted by Crippen LogP contribution is 2.45. The smallest absolute Gasteiger partial charge is 0.167 e. The molecule has 4 aromatic carbocycles. The van der Waals surface area contributed by atoms with Crippen molar-refractivity contribution in [2.75, 3.05) is 21.3 Å². The van der Waals surface area contributed by atoms with Gasteiger partial charge in [0.15, 0.2) is 23.1 Å². The highest BCUT2D eigenvalue weighted by atomic mass is 16.5. The lowest BCUT2D eigenvalue weighted by atomic mass is 9.74. The largest absolute Gasteiger partial charge is 0.508 e. The molecule has 2 unspecified atom stereocenters. The van der Waals surface area contributed by atoms with Gasteiger partial charge in [-0.2, -0.15) is 0 Å². The van der Waals surface area contributed by atoms with Gasteiger partial charge < -0.3 is 29.5 Å². The lowest BCUT2D eigenvalue weighted by Crippen LogP contribution is -2.28. The number of methoxy groups -OCH3 is 3. The molecule has 0 spiro atoms. The summed E-state index contributed by atoms with van der Waals surface area (Å²) >= 11 is 0. The van der Waals surface area contributed by atoms with Crippen LogP contribution in [0.1, 0.15) is 55.3 Å². The van der Waals surface area contributed by atoms with Crippen LogP contribution in [0.4, 0.5) is 0 Å². The van der Waals surface area contributed by atoms with Crippen LogP contribution >= 0.6 is 0 Å². The van der Waals surface area contributed by atoms with Gasteiger partial charge in [-0.15, -0.1) is 0 Å². The molecule has 0 amide bonds. The number of carbonyl (C=O) groups excluding carboxylic acids is 2. The molecule has 0 bridgehead atoms. The predicted octanol–water partition coefficient (Wildman–Crippen LogP) is 6.54. The van der Waals surface area contributed by atoms with E-state index in [1.807, 2.05) is 13.0 Å². The molecule has 0 aliphatic carbocycles. The van der Waals surface area contributed by atoms with E-state index in [2.05, 4.69) is 0 Å². The Morgan fingerprint density at radius 1 is 0.721 bits per heavy atom. The van der Waals surface area contributed by atoms with Crippen LogP contribution in [0.25, 0.3) is 0 Å². The van der Waals surface area contributed by atoms with Crippen molar-refractivity contribution in [1.82, 2.24) is 0 Å². The zero-order chi connectivity index (χ0) is 31.3. The van der Waals surface area contributed by atoms with Crippen LogP contribution in [0, 0.1) is 19.8 Å². The number of phenolic OH excluding ortho intramolecular Hbond substituents is 3. The van der Waals surface area contributed by atoms with Crippen LogP contribution in [0.3, 0.4) is 0 Å². The zero-order valence-corrected chi connectivity index (χ0v) is 24.9. The third-order valence-corrected chi connectivity index (χ3v) is 7.77. The van der Waals surface area contributed by atoms with E-state index < -0.39 is 17.6 Å². The molecule has 224 valence electrons. The fraction of sp³-hybridized carbons (Fsp3) is 0.257. The van der Waals surface area contributed by atoms with Gasteiger partial charge in [-0.05, 0) is 61.2 Å². The Kier molecular flexibility index (Phi) is 9.60. The van der Waals surface area contributed by atoms with Gasteiger partial charge in [0, 0.05) is 41.5 Å². The Balaban J connectivity index is 1.95. The van der Waals surface area contributed by atoms with E-state index in [1.165, 1.54) is 27.4 Å². The molecule has 4 rings (SSSR count). The highest BCUT2D eigenvalue weighted by Gasteiger charge is 2.36. The number of ether oxygens (including phenoxy) is 3. The molecule has 2 atom stereocenters. The number of aryl methyl sites for hydroxylation is 2. The fourth-order valence-electron chi connectivity index (χ4n) is 5.61. The number of ketones is 2.